The molecule has 2 aliphatic heterocycles. The lowest BCUT2D eigenvalue weighted by molar-refractivity contribution is 1.18. The quantitative estimate of drug-likeness (QED) is 0.170. The molecule has 2 aliphatic rings. The molecule has 0 fully saturated rings. The van der Waals surface area contributed by atoms with Crippen LogP contribution in [0.2, 0.25) is 0 Å². The van der Waals surface area contributed by atoms with Crippen LogP contribution in [0.3, 0.4) is 0 Å². The van der Waals surface area contributed by atoms with Crippen LogP contribution in [-0.4, -0.2) is 16.7 Å². The van der Waals surface area contributed by atoms with E-state index in [9.17, 15) is 0 Å². The highest BCUT2D eigenvalue weighted by Gasteiger charge is 2.44. The molecule has 0 saturated carbocycles. The first-order valence-corrected chi connectivity index (χ1v) is 19.3. The van der Waals surface area contributed by atoms with Crippen molar-refractivity contribution in [3.05, 3.63) is 187 Å². The van der Waals surface area contributed by atoms with Crippen LogP contribution >= 0.6 is 0 Å². The van der Waals surface area contributed by atoms with Gasteiger partial charge in [-0.05, 0) is 114 Å². The van der Waals surface area contributed by atoms with E-state index in [0.29, 0.717) is 0 Å². The summed E-state index contributed by atoms with van der Waals surface area (Å²) < 4.78 is 0. The second kappa shape index (κ2) is 12.5. The van der Waals surface area contributed by atoms with E-state index in [2.05, 4.69) is 176 Å². The predicted octanol–water partition coefficient (Wildman–Crippen LogP) is 11.1. The number of hydrogen-bond acceptors (Lipinski definition) is 4. The highest BCUT2D eigenvalue weighted by Crippen LogP contribution is 2.57. The van der Waals surface area contributed by atoms with Crippen LogP contribution in [0.25, 0.3) is 44.1 Å². The molecule has 2 aromatic heterocycles. The topological polar surface area (TPSA) is 32.3 Å². The van der Waals surface area contributed by atoms with Crippen molar-refractivity contribution in [3.63, 3.8) is 0 Å². The molecule has 0 amide bonds. The number of fused-ring (bicyclic) bond motifs is 7. The fraction of sp³-hybridized carbons (Fsp3) is 0.0588. The molecular weight excluding hydrogens is 679 g/mol. The highest BCUT2D eigenvalue weighted by atomic mass is 15.3. The summed E-state index contributed by atoms with van der Waals surface area (Å²) in [6.45, 7) is 6.77. The van der Waals surface area contributed by atoms with Gasteiger partial charge in [0.25, 0.3) is 0 Å². The first kappa shape index (κ1) is 32.5. The summed E-state index contributed by atoms with van der Waals surface area (Å²) in [5.74, 6) is 0. The summed E-state index contributed by atoms with van der Waals surface area (Å²) in [5, 5.41) is 4.89. The fourth-order valence-corrected chi connectivity index (χ4v) is 9.51. The number of anilines is 6. The molecule has 264 valence electrons. The van der Waals surface area contributed by atoms with E-state index in [1.165, 1.54) is 66.0 Å². The summed E-state index contributed by atoms with van der Waals surface area (Å²) in [5.41, 5.74) is 18.9. The SMILES string of the molecule is Cc1cc(C)c(B2c3ccc(-c4ccccn4)cc3N3c4cc5ccccc5cc4N(c4cccc(-c5ccccn5)c4)c4cc5ccccc5c2c43)c(C)c1. The average molecular weight is 717 g/mol. The average Bonchev–Trinajstić information content (AvgIpc) is 3.23. The fourth-order valence-electron chi connectivity index (χ4n) is 9.51. The molecule has 56 heavy (non-hydrogen) atoms. The Bertz CT molecular complexity index is 3010. The van der Waals surface area contributed by atoms with Crippen molar-refractivity contribution in [1.29, 1.82) is 0 Å². The van der Waals surface area contributed by atoms with Gasteiger partial charge in [0.15, 0.2) is 0 Å². The lowest BCUT2D eigenvalue weighted by atomic mass is 9.33. The molecule has 7 aromatic carbocycles. The van der Waals surface area contributed by atoms with Crippen LogP contribution < -0.4 is 26.2 Å². The standard InChI is InChI=1S/C51H37BN4/c1-32-25-33(2)49(34(3)26-32)52-42-22-21-39(44-20-9-11-24-54-44)31-45(42)56-47-29-36-14-5-4-13-35(36)28-46(47)55(40-17-12-16-38(27-40)43-19-8-10-23-53-43)48-30-37-15-6-7-18-41(37)50(52)51(48)56/h4-31H,1-3H3. The van der Waals surface area contributed by atoms with Crippen molar-refractivity contribution in [2.45, 2.75) is 20.8 Å². The molecular formula is C51H37BN4. The normalized spacial score (nSPS) is 12.8. The van der Waals surface area contributed by atoms with Crippen LogP contribution in [0, 0.1) is 20.8 Å². The lowest BCUT2D eigenvalue weighted by Gasteiger charge is -2.46. The zero-order valence-electron chi connectivity index (χ0n) is 31.5. The van der Waals surface area contributed by atoms with Crippen LogP contribution in [0.1, 0.15) is 16.7 Å². The van der Waals surface area contributed by atoms with Crippen LogP contribution in [0.5, 0.6) is 0 Å². The zero-order valence-corrected chi connectivity index (χ0v) is 31.5. The van der Waals surface area contributed by atoms with Crippen molar-refractivity contribution in [1.82, 2.24) is 9.97 Å². The van der Waals surface area contributed by atoms with Gasteiger partial charge in [0, 0.05) is 34.9 Å². The number of rotatable bonds is 4. The van der Waals surface area contributed by atoms with E-state index in [1.54, 1.807) is 0 Å². The third-order valence-electron chi connectivity index (χ3n) is 11.8. The Morgan fingerprint density at radius 1 is 0.446 bits per heavy atom. The second-order valence-electron chi connectivity index (χ2n) is 15.2. The van der Waals surface area contributed by atoms with Gasteiger partial charge >= 0.3 is 0 Å². The first-order chi connectivity index (χ1) is 27.5. The van der Waals surface area contributed by atoms with E-state index in [4.69, 9.17) is 9.97 Å². The molecule has 5 heteroatoms. The molecule has 9 aromatic rings. The molecule has 0 atom stereocenters. The maximum atomic E-state index is 4.82. The Kier molecular flexibility index (Phi) is 7.27. The number of benzene rings is 7. The number of aromatic nitrogens is 2. The van der Waals surface area contributed by atoms with Crippen molar-refractivity contribution >= 4 is 78.8 Å². The van der Waals surface area contributed by atoms with E-state index in [-0.39, 0.29) is 6.71 Å². The second-order valence-corrected chi connectivity index (χ2v) is 15.2. The third kappa shape index (κ3) is 4.94. The number of nitrogens with zero attached hydrogens (tertiary/aromatic N) is 4. The number of aryl methyl sites for hydroxylation is 3. The van der Waals surface area contributed by atoms with E-state index >= 15 is 0 Å². The smallest absolute Gasteiger partial charge is 0.248 e. The Balaban J connectivity index is 1.30. The van der Waals surface area contributed by atoms with Gasteiger partial charge in [-0.1, -0.05) is 119 Å². The van der Waals surface area contributed by atoms with Crippen molar-refractivity contribution in [2.24, 2.45) is 0 Å². The van der Waals surface area contributed by atoms with Gasteiger partial charge in [-0.15, -0.1) is 0 Å². The van der Waals surface area contributed by atoms with Gasteiger partial charge in [-0.25, -0.2) is 0 Å². The van der Waals surface area contributed by atoms with E-state index in [1.807, 2.05) is 24.5 Å². The minimum atomic E-state index is -0.0109. The van der Waals surface area contributed by atoms with Crippen LogP contribution in [0.15, 0.2) is 170 Å². The Morgan fingerprint density at radius 3 is 1.73 bits per heavy atom. The Hall–Kier alpha value is -6.98. The maximum absolute atomic E-state index is 4.82. The monoisotopic (exact) mass is 716 g/mol. The lowest BCUT2D eigenvalue weighted by Crippen LogP contribution is -2.59. The van der Waals surface area contributed by atoms with Crippen molar-refractivity contribution < 1.29 is 0 Å². The van der Waals surface area contributed by atoms with Gasteiger partial charge in [0.2, 0.25) is 6.71 Å². The summed E-state index contributed by atoms with van der Waals surface area (Å²) in [4.78, 5) is 14.6. The molecule has 0 unspecified atom stereocenters. The molecule has 0 saturated heterocycles. The molecule has 0 N–H and O–H groups in total. The maximum Gasteiger partial charge on any atom is 0.248 e. The largest absolute Gasteiger partial charge is 0.307 e. The van der Waals surface area contributed by atoms with Crippen molar-refractivity contribution in [3.8, 4) is 22.5 Å². The van der Waals surface area contributed by atoms with E-state index < -0.39 is 0 Å². The summed E-state index contributed by atoms with van der Waals surface area (Å²) >= 11 is 0. The minimum absolute atomic E-state index is 0.0109. The molecule has 4 heterocycles. The van der Waals surface area contributed by atoms with Crippen molar-refractivity contribution in [2.75, 3.05) is 9.80 Å². The number of pyridine rings is 2. The van der Waals surface area contributed by atoms with Gasteiger partial charge in [0.05, 0.1) is 34.1 Å². The predicted molar refractivity (Wildman–Crippen MR) is 236 cm³/mol. The zero-order chi connectivity index (χ0) is 37.5. The van der Waals surface area contributed by atoms with Gasteiger partial charge in [-0.2, -0.15) is 0 Å². The molecule has 0 bridgehead atoms. The molecule has 0 radical (unpaired) electrons. The Labute approximate surface area is 327 Å². The minimum Gasteiger partial charge on any atom is -0.307 e. The van der Waals surface area contributed by atoms with Crippen LogP contribution in [-0.2, 0) is 0 Å². The molecule has 11 rings (SSSR count). The summed E-state index contributed by atoms with van der Waals surface area (Å²) in [6, 6.07) is 57.7. The summed E-state index contributed by atoms with van der Waals surface area (Å²) in [6.07, 6.45) is 3.75. The Morgan fingerprint density at radius 2 is 1.05 bits per heavy atom. The van der Waals surface area contributed by atoms with E-state index in [0.717, 1.165) is 45.3 Å². The van der Waals surface area contributed by atoms with Gasteiger partial charge in [-0.3, -0.25) is 9.97 Å². The highest BCUT2D eigenvalue weighted by molar-refractivity contribution is 7.00. The third-order valence-corrected chi connectivity index (χ3v) is 11.8. The summed E-state index contributed by atoms with van der Waals surface area (Å²) in [7, 11) is 0. The molecule has 0 spiro atoms. The molecule has 4 nitrogen and oxygen atoms in total. The van der Waals surface area contributed by atoms with Gasteiger partial charge in [0.1, 0.15) is 0 Å². The van der Waals surface area contributed by atoms with Gasteiger partial charge < -0.3 is 9.80 Å². The molecule has 0 aliphatic carbocycles. The van der Waals surface area contributed by atoms with Crippen LogP contribution in [0.4, 0.5) is 34.1 Å². The first-order valence-electron chi connectivity index (χ1n) is 19.3. The number of hydrogen-bond donors (Lipinski definition) is 0.